The maximum Gasteiger partial charge on any atom is 0.223 e. The van der Waals surface area contributed by atoms with Gasteiger partial charge in [-0.3, -0.25) is 4.79 Å². The van der Waals surface area contributed by atoms with Crippen molar-refractivity contribution >= 4 is 11.7 Å². The van der Waals surface area contributed by atoms with Gasteiger partial charge in [-0.15, -0.1) is 0 Å². The van der Waals surface area contributed by atoms with E-state index in [1.807, 2.05) is 11.0 Å². The van der Waals surface area contributed by atoms with Crippen molar-refractivity contribution in [2.45, 2.75) is 38.5 Å². The molecule has 6 heteroatoms. The van der Waals surface area contributed by atoms with Gasteiger partial charge in [-0.05, 0) is 43.0 Å². The molecule has 4 rings (SSSR count). The molecule has 28 heavy (non-hydrogen) atoms. The van der Waals surface area contributed by atoms with Crippen molar-refractivity contribution in [3.63, 3.8) is 0 Å². The number of rotatable bonds is 5. The first kappa shape index (κ1) is 18.5. The molecule has 3 heterocycles. The van der Waals surface area contributed by atoms with Crippen LogP contribution in [0, 0.1) is 17.2 Å². The number of anilines is 1. The minimum absolute atomic E-state index is 0.168. The number of hydrogen-bond acceptors (Lipinski definition) is 5. The normalized spacial score (nSPS) is 21.9. The third kappa shape index (κ3) is 4.04. The SMILES string of the molecule is CC1CC1c1ccc(CCC(=O)N2CCCN(c3ncccc3C#N)CC2)o1. The second-order valence-corrected chi connectivity index (χ2v) is 7.83. The van der Waals surface area contributed by atoms with Crippen molar-refractivity contribution in [3.8, 4) is 6.07 Å². The number of nitrogens with zero attached hydrogens (tertiary/aromatic N) is 4. The van der Waals surface area contributed by atoms with Crippen LogP contribution in [0.4, 0.5) is 5.82 Å². The number of aromatic nitrogens is 1. The molecule has 1 amide bonds. The summed E-state index contributed by atoms with van der Waals surface area (Å²) in [5.74, 6) is 4.17. The highest BCUT2D eigenvalue weighted by atomic mass is 16.3. The van der Waals surface area contributed by atoms with E-state index in [0.717, 1.165) is 42.8 Å². The number of carbonyl (C=O) groups is 1. The lowest BCUT2D eigenvalue weighted by Gasteiger charge is -2.23. The first-order valence-electron chi connectivity index (χ1n) is 10.1. The molecule has 2 aliphatic rings. The predicted octanol–water partition coefficient (Wildman–Crippen LogP) is 3.34. The van der Waals surface area contributed by atoms with Crippen LogP contribution in [0.15, 0.2) is 34.9 Å². The average Bonchev–Trinajstić information content (AvgIpc) is 3.35. The predicted molar refractivity (Wildman–Crippen MR) is 106 cm³/mol. The number of aryl methyl sites for hydroxylation is 1. The molecule has 2 aromatic heterocycles. The van der Waals surface area contributed by atoms with Gasteiger partial charge in [0, 0.05) is 51.1 Å². The van der Waals surface area contributed by atoms with Gasteiger partial charge in [-0.25, -0.2) is 4.98 Å². The third-order valence-corrected chi connectivity index (χ3v) is 5.80. The third-order valence-electron chi connectivity index (χ3n) is 5.80. The van der Waals surface area contributed by atoms with Crippen LogP contribution in [0.2, 0.25) is 0 Å². The Hall–Kier alpha value is -2.81. The molecular weight excluding hydrogens is 352 g/mol. The molecule has 1 aliphatic carbocycles. The van der Waals surface area contributed by atoms with Crippen LogP contribution in [-0.2, 0) is 11.2 Å². The fraction of sp³-hybridized carbons (Fsp3) is 0.500. The Bertz CT molecular complexity index is 885. The van der Waals surface area contributed by atoms with Gasteiger partial charge in [0.25, 0.3) is 0 Å². The zero-order chi connectivity index (χ0) is 19.5. The van der Waals surface area contributed by atoms with E-state index in [-0.39, 0.29) is 5.91 Å². The Morgan fingerprint density at radius 2 is 2.14 bits per heavy atom. The van der Waals surface area contributed by atoms with E-state index in [1.54, 1.807) is 18.3 Å². The van der Waals surface area contributed by atoms with Crippen molar-refractivity contribution in [1.29, 1.82) is 5.26 Å². The number of carbonyl (C=O) groups excluding carboxylic acids is 1. The van der Waals surface area contributed by atoms with Crippen LogP contribution in [0.5, 0.6) is 0 Å². The molecule has 0 bridgehead atoms. The van der Waals surface area contributed by atoms with E-state index in [0.29, 0.717) is 37.4 Å². The standard InChI is InChI=1S/C22H26N4O2/c1-16-14-19(16)20-7-5-18(28-20)6-8-21(27)25-10-3-11-26(13-12-25)22-17(15-23)4-2-9-24-22/h2,4-5,7,9,16,19H,3,6,8,10-14H2,1H3. The molecule has 0 radical (unpaired) electrons. The Labute approximate surface area is 165 Å². The fourth-order valence-corrected chi connectivity index (χ4v) is 3.95. The molecule has 1 saturated carbocycles. The summed E-state index contributed by atoms with van der Waals surface area (Å²) in [6, 6.07) is 9.86. The fourth-order valence-electron chi connectivity index (χ4n) is 3.95. The van der Waals surface area contributed by atoms with Crippen molar-refractivity contribution in [1.82, 2.24) is 9.88 Å². The maximum absolute atomic E-state index is 12.7. The number of furan rings is 1. The summed E-state index contributed by atoms with van der Waals surface area (Å²) in [6.07, 6.45) is 4.92. The molecule has 1 aliphatic heterocycles. The minimum atomic E-state index is 0.168. The second-order valence-electron chi connectivity index (χ2n) is 7.83. The van der Waals surface area contributed by atoms with Gasteiger partial charge in [-0.2, -0.15) is 5.26 Å². The van der Waals surface area contributed by atoms with Crippen molar-refractivity contribution in [3.05, 3.63) is 47.5 Å². The summed E-state index contributed by atoms with van der Waals surface area (Å²) < 4.78 is 5.92. The van der Waals surface area contributed by atoms with Crippen molar-refractivity contribution in [2.75, 3.05) is 31.1 Å². The molecule has 2 atom stereocenters. The summed E-state index contributed by atoms with van der Waals surface area (Å²) in [6.45, 7) is 5.14. The van der Waals surface area contributed by atoms with E-state index >= 15 is 0 Å². The molecule has 2 fully saturated rings. The van der Waals surface area contributed by atoms with Crippen LogP contribution < -0.4 is 4.90 Å². The van der Waals surface area contributed by atoms with Gasteiger partial charge in [0.05, 0.1) is 5.56 Å². The van der Waals surface area contributed by atoms with Gasteiger partial charge in [0.2, 0.25) is 5.91 Å². The smallest absolute Gasteiger partial charge is 0.223 e. The number of pyridine rings is 1. The number of nitriles is 1. The lowest BCUT2D eigenvalue weighted by molar-refractivity contribution is -0.131. The molecule has 2 unspecified atom stereocenters. The monoisotopic (exact) mass is 378 g/mol. The van der Waals surface area contributed by atoms with Gasteiger partial charge in [0.15, 0.2) is 0 Å². The Balaban J connectivity index is 1.31. The summed E-state index contributed by atoms with van der Waals surface area (Å²) >= 11 is 0. The summed E-state index contributed by atoms with van der Waals surface area (Å²) in [7, 11) is 0. The summed E-state index contributed by atoms with van der Waals surface area (Å²) in [4.78, 5) is 21.1. The molecule has 146 valence electrons. The number of amides is 1. The van der Waals surface area contributed by atoms with Crippen LogP contribution in [0.1, 0.15) is 49.2 Å². The number of hydrogen-bond donors (Lipinski definition) is 0. The van der Waals surface area contributed by atoms with Crippen LogP contribution >= 0.6 is 0 Å². The lowest BCUT2D eigenvalue weighted by Crippen LogP contribution is -2.35. The van der Waals surface area contributed by atoms with Crippen molar-refractivity contribution in [2.24, 2.45) is 5.92 Å². The summed E-state index contributed by atoms with van der Waals surface area (Å²) in [5.41, 5.74) is 0.584. The molecule has 0 aromatic carbocycles. The minimum Gasteiger partial charge on any atom is -0.466 e. The molecular formula is C22H26N4O2. The van der Waals surface area contributed by atoms with Gasteiger partial charge < -0.3 is 14.2 Å². The second kappa shape index (κ2) is 8.05. The van der Waals surface area contributed by atoms with Gasteiger partial charge >= 0.3 is 0 Å². The largest absolute Gasteiger partial charge is 0.466 e. The van der Waals surface area contributed by atoms with E-state index < -0.39 is 0 Å². The molecule has 2 aromatic rings. The first-order chi connectivity index (χ1) is 13.7. The highest BCUT2D eigenvalue weighted by Gasteiger charge is 2.36. The van der Waals surface area contributed by atoms with E-state index in [4.69, 9.17) is 4.42 Å². The van der Waals surface area contributed by atoms with E-state index in [2.05, 4.69) is 28.9 Å². The highest BCUT2D eigenvalue weighted by molar-refractivity contribution is 5.76. The summed E-state index contributed by atoms with van der Waals surface area (Å²) in [5, 5.41) is 9.30. The maximum atomic E-state index is 12.7. The topological polar surface area (TPSA) is 73.4 Å². The zero-order valence-corrected chi connectivity index (χ0v) is 16.3. The first-order valence-corrected chi connectivity index (χ1v) is 10.1. The van der Waals surface area contributed by atoms with Crippen LogP contribution in [-0.4, -0.2) is 42.0 Å². The van der Waals surface area contributed by atoms with Crippen LogP contribution in [0.3, 0.4) is 0 Å². The molecule has 0 N–H and O–H groups in total. The van der Waals surface area contributed by atoms with Crippen LogP contribution in [0.25, 0.3) is 0 Å². The molecule has 0 spiro atoms. The molecule has 6 nitrogen and oxygen atoms in total. The van der Waals surface area contributed by atoms with Gasteiger partial charge in [-0.1, -0.05) is 6.92 Å². The Morgan fingerprint density at radius 1 is 1.29 bits per heavy atom. The average molecular weight is 378 g/mol. The van der Waals surface area contributed by atoms with E-state index in [1.165, 1.54) is 6.42 Å². The van der Waals surface area contributed by atoms with E-state index in [9.17, 15) is 10.1 Å². The zero-order valence-electron chi connectivity index (χ0n) is 16.3. The lowest BCUT2D eigenvalue weighted by atomic mass is 10.2. The highest BCUT2D eigenvalue weighted by Crippen LogP contribution is 2.47. The molecule has 1 saturated heterocycles. The Kier molecular flexibility index (Phi) is 5.34. The quantitative estimate of drug-likeness (QED) is 0.798. The Morgan fingerprint density at radius 3 is 2.93 bits per heavy atom. The van der Waals surface area contributed by atoms with Gasteiger partial charge in [0.1, 0.15) is 23.4 Å². The van der Waals surface area contributed by atoms with Crippen molar-refractivity contribution < 1.29 is 9.21 Å².